The van der Waals surface area contributed by atoms with Crippen LogP contribution in [0.15, 0.2) is 6.20 Å². The lowest BCUT2D eigenvalue weighted by Gasteiger charge is -2.17. The van der Waals surface area contributed by atoms with Crippen LogP contribution in [0.1, 0.15) is 47.7 Å². The van der Waals surface area contributed by atoms with Crippen molar-refractivity contribution in [3.63, 3.8) is 0 Å². The zero-order valence-corrected chi connectivity index (χ0v) is 12.3. The van der Waals surface area contributed by atoms with E-state index in [-0.39, 0.29) is 11.8 Å². The summed E-state index contributed by atoms with van der Waals surface area (Å²) in [5.74, 6) is 1.22. The van der Waals surface area contributed by atoms with Gasteiger partial charge in [0, 0.05) is 39.4 Å². The molecule has 3 rings (SSSR count). The van der Waals surface area contributed by atoms with Gasteiger partial charge in [-0.05, 0) is 18.8 Å². The minimum absolute atomic E-state index is 0.0978. The van der Waals surface area contributed by atoms with Crippen molar-refractivity contribution in [1.82, 2.24) is 14.7 Å². The van der Waals surface area contributed by atoms with E-state index in [0.717, 1.165) is 43.2 Å². The molecule has 1 aromatic rings. The second-order valence-corrected chi connectivity index (χ2v) is 6.12. The first-order valence-electron chi connectivity index (χ1n) is 7.52. The smallest absolute Gasteiger partial charge is 0.257 e. The summed E-state index contributed by atoms with van der Waals surface area (Å²) in [6.45, 7) is 2.30. The van der Waals surface area contributed by atoms with Crippen molar-refractivity contribution in [1.29, 1.82) is 0 Å². The van der Waals surface area contributed by atoms with Crippen LogP contribution in [-0.2, 0) is 11.8 Å². The molecule has 0 aromatic carbocycles. The Bertz CT molecular complexity index is 487. The Morgan fingerprint density at radius 2 is 2.30 bits per heavy atom. The fourth-order valence-corrected chi connectivity index (χ4v) is 2.81. The molecule has 110 valence electrons. The Balaban J connectivity index is 1.72. The second-order valence-electron chi connectivity index (χ2n) is 6.12. The van der Waals surface area contributed by atoms with Gasteiger partial charge in [0.2, 0.25) is 0 Å². The summed E-state index contributed by atoms with van der Waals surface area (Å²) in [5.41, 5.74) is 1.66. The van der Waals surface area contributed by atoms with Crippen LogP contribution in [0.3, 0.4) is 0 Å². The highest BCUT2D eigenvalue weighted by Gasteiger charge is 2.28. The summed E-state index contributed by atoms with van der Waals surface area (Å²) >= 11 is 0. The third kappa shape index (κ3) is 2.87. The molecule has 0 unspecified atom stereocenters. The number of ether oxygens (including phenoxy) is 1. The molecule has 1 aliphatic carbocycles. The number of nitrogens with zero attached hydrogens (tertiary/aromatic N) is 3. The van der Waals surface area contributed by atoms with Gasteiger partial charge in [0.25, 0.3) is 5.91 Å². The van der Waals surface area contributed by atoms with Crippen LogP contribution in [0, 0.1) is 5.92 Å². The molecule has 0 bridgehead atoms. The minimum atomic E-state index is 0.0978. The van der Waals surface area contributed by atoms with Gasteiger partial charge in [0.15, 0.2) is 0 Å². The molecular weight excluding hydrogens is 254 g/mol. The van der Waals surface area contributed by atoms with Crippen molar-refractivity contribution in [3.8, 4) is 0 Å². The fraction of sp³-hybridized carbons (Fsp3) is 0.733. The molecule has 2 aliphatic rings. The molecule has 1 atom stereocenters. The van der Waals surface area contributed by atoms with Crippen molar-refractivity contribution in [2.45, 2.75) is 31.6 Å². The third-order valence-electron chi connectivity index (χ3n) is 4.32. The number of amides is 1. The molecule has 0 N–H and O–H groups in total. The van der Waals surface area contributed by atoms with Gasteiger partial charge in [-0.2, -0.15) is 5.10 Å². The Morgan fingerprint density at radius 1 is 1.50 bits per heavy atom. The number of hydrogen-bond donors (Lipinski definition) is 0. The number of hydrogen-bond acceptors (Lipinski definition) is 3. The number of aryl methyl sites for hydroxylation is 1. The van der Waals surface area contributed by atoms with E-state index in [1.165, 1.54) is 12.8 Å². The normalized spacial score (nSPS) is 22.2. The summed E-state index contributed by atoms with van der Waals surface area (Å²) in [6.07, 6.45) is 6.61. The van der Waals surface area contributed by atoms with Crippen LogP contribution in [-0.4, -0.2) is 47.4 Å². The van der Waals surface area contributed by atoms with E-state index >= 15 is 0 Å². The fourth-order valence-electron chi connectivity index (χ4n) is 2.81. The zero-order valence-electron chi connectivity index (χ0n) is 12.3. The minimum Gasteiger partial charge on any atom is -0.381 e. The largest absolute Gasteiger partial charge is 0.381 e. The van der Waals surface area contributed by atoms with E-state index in [2.05, 4.69) is 5.10 Å². The van der Waals surface area contributed by atoms with Crippen molar-refractivity contribution in [2.24, 2.45) is 13.0 Å². The predicted octanol–water partition coefficient (Wildman–Crippen LogP) is 1.80. The molecule has 1 amide bonds. The number of carbonyl (C=O) groups is 1. The Hall–Kier alpha value is -1.36. The molecule has 1 saturated heterocycles. The maximum atomic E-state index is 12.6. The average molecular weight is 277 g/mol. The highest BCUT2D eigenvalue weighted by Crippen LogP contribution is 2.32. The van der Waals surface area contributed by atoms with E-state index in [0.29, 0.717) is 6.61 Å². The summed E-state index contributed by atoms with van der Waals surface area (Å²) in [6, 6.07) is 0. The third-order valence-corrected chi connectivity index (χ3v) is 4.32. The van der Waals surface area contributed by atoms with E-state index in [1.54, 1.807) is 4.68 Å². The highest BCUT2D eigenvalue weighted by molar-refractivity contribution is 5.95. The lowest BCUT2D eigenvalue weighted by atomic mass is 10.0. The molecule has 0 spiro atoms. The zero-order chi connectivity index (χ0) is 14.1. The van der Waals surface area contributed by atoms with Crippen LogP contribution in [0.25, 0.3) is 0 Å². The Morgan fingerprint density at radius 3 is 2.95 bits per heavy atom. The highest BCUT2D eigenvalue weighted by atomic mass is 16.5. The van der Waals surface area contributed by atoms with Crippen molar-refractivity contribution >= 4 is 5.91 Å². The number of aromatic nitrogens is 2. The second kappa shape index (κ2) is 5.56. The Labute approximate surface area is 119 Å². The van der Waals surface area contributed by atoms with Crippen LogP contribution < -0.4 is 0 Å². The molecule has 2 heterocycles. The van der Waals surface area contributed by atoms with Gasteiger partial charge < -0.3 is 9.64 Å². The predicted molar refractivity (Wildman–Crippen MR) is 75.7 cm³/mol. The van der Waals surface area contributed by atoms with Crippen molar-refractivity contribution in [3.05, 3.63) is 17.5 Å². The van der Waals surface area contributed by atoms with Gasteiger partial charge in [0.1, 0.15) is 0 Å². The van der Waals surface area contributed by atoms with Gasteiger partial charge in [0.05, 0.1) is 17.9 Å². The first kappa shape index (κ1) is 13.6. The first-order chi connectivity index (χ1) is 9.65. The van der Waals surface area contributed by atoms with Gasteiger partial charge in [-0.15, -0.1) is 0 Å². The quantitative estimate of drug-likeness (QED) is 0.824. The molecule has 1 aromatic heterocycles. The summed E-state index contributed by atoms with van der Waals surface area (Å²) < 4.78 is 7.17. The monoisotopic (exact) mass is 277 g/mol. The summed E-state index contributed by atoms with van der Waals surface area (Å²) in [5, 5.41) is 4.49. The van der Waals surface area contributed by atoms with E-state index < -0.39 is 0 Å². The molecule has 1 aliphatic heterocycles. The molecule has 5 heteroatoms. The van der Waals surface area contributed by atoms with Crippen molar-refractivity contribution < 1.29 is 9.53 Å². The topological polar surface area (TPSA) is 47.4 Å². The first-order valence-corrected chi connectivity index (χ1v) is 7.52. The maximum Gasteiger partial charge on any atom is 0.257 e. The molecule has 1 saturated carbocycles. The SMILES string of the molecule is CN(CCC1CC1)C(=O)c1cn(C)nc1[C@H]1CCOC1. The molecule has 0 radical (unpaired) electrons. The summed E-state index contributed by atoms with van der Waals surface area (Å²) in [4.78, 5) is 14.4. The molecule has 5 nitrogen and oxygen atoms in total. The van der Waals surface area contributed by atoms with Crippen LogP contribution >= 0.6 is 0 Å². The molecule has 2 fully saturated rings. The van der Waals surface area contributed by atoms with Crippen LogP contribution in [0.2, 0.25) is 0 Å². The van der Waals surface area contributed by atoms with Gasteiger partial charge >= 0.3 is 0 Å². The van der Waals surface area contributed by atoms with E-state index in [4.69, 9.17) is 4.74 Å². The maximum absolute atomic E-state index is 12.6. The van der Waals surface area contributed by atoms with Gasteiger partial charge in [-0.3, -0.25) is 9.48 Å². The molecular formula is C15H23N3O2. The molecule has 20 heavy (non-hydrogen) atoms. The lowest BCUT2D eigenvalue weighted by Crippen LogP contribution is -2.28. The standard InChI is InChI=1S/C15H23N3O2/c1-17(7-5-11-3-4-11)15(19)13-9-18(2)16-14(13)12-6-8-20-10-12/h9,11-12H,3-8,10H2,1-2H3/t12-/m0/s1. The number of rotatable bonds is 5. The average Bonchev–Trinajstić information content (AvgIpc) is 2.95. The van der Waals surface area contributed by atoms with Crippen LogP contribution in [0.5, 0.6) is 0 Å². The Kier molecular flexibility index (Phi) is 3.78. The van der Waals surface area contributed by atoms with E-state index in [1.807, 2.05) is 25.2 Å². The summed E-state index contributed by atoms with van der Waals surface area (Å²) in [7, 11) is 3.77. The van der Waals surface area contributed by atoms with Gasteiger partial charge in [-0.25, -0.2) is 0 Å². The lowest BCUT2D eigenvalue weighted by molar-refractivity contribution is 0.0790. The van der Waals surface area contributed by atoms with Crippen molar-refractivity contribution in [2.75, 3.05) is 26.8 Å². The van der Waals surface area contributed by atoms with Gasteiger partial charge in [-0.1, -0.05) is 12.8 Å². The van der Waals surface area contributed by atoms with E-state index in [9.17, 15) is 4.79 Å². The number of carbonyl (C=O) groups excluding carboxylic acids is 1. The van der Waals surface area contributed by atoms with Crippen LogP contribution in [0.4, 0.5) is 0 Å².